The number of aromatic nitrogens is 1. The predicted octanol–water partition coefficient (Wildman–Crippen LogP) is 3.58. The topological polar surface area (TPSA) is 36.4 Å². The number of amides is 1. The van der Waals surface area contributed by atoms with Crippen LogP contribution in [0.15, 0.2) is 60.8 Å². The molecular formula is C21H22FN3O. The van der Waals surface area contributed by atoms with Gasteiger partial charge in [-0.2, -0.15) is 0 Å². The van der Waals surface area contributed by atoms with Gasteiger partial charge in [-0.1, -0.05) is 30.3 Å². The van der Waals surface area contributed by atoms with Crippen molar-refractivity contribution in [3.05, 3.63) is 77.7 Å². The van der Waals surface area contributed by atoms with Crippen LogP contribution in [-0.2, 0) is 6.54 Å². The van der Waals surface area contributed by atoms with Gasteiger partial charge in [-0.3, -0.25) is 9.78 Å². The standard InChI is InChI=1S/C21H22FN3O/c1-24(2)13-14-25(15-16-7-3-4-10-19(16)22)21(26)18-8-5-11-20-17(18)9-6-12-23-20/h3-12H,13-15H2,1-2H3. The van der Waals surface area contributed by atoms with Crippen LogP contribution in [0.4, 0.5) is 4.39 Å². The maximum absolute atomic E-state index is 14.1. The van der Waals surface area contributed by atoms with Crippen molar-refractivity contribution < 1.29 is 9.18 Å². The molecule has 0 aliphatic rings. The average Bonchev–Trinajstić information content (AvgIpc) is 2.65. The van der Waals surface area contributed by atoms with Gasteiger partial charge in [0.2, 0.25) is 0 Å². The normalized spacial score (nSPS) is 11.1. The molecule has 0 saturated heterocycles. The summed E-state index contributed by atoms with van der Waals surface area (Å²) in [6, 6.07) is 15.8. The van der Waals surface area contributed by atoms with Gasteiger partial charge in [0.25, 0.3) is 5.91 Å². The Bertz CT molecular complexity index is 905. The summed E-state index contributed by atoms with van der Waals surface area (Å²) < 4.78 is 14.1. The van der Waals surface area contributed by atoms with Gasteiger partial charge in [0.15, 0.2) is 0 Å². The first-order chi connectivity index (χ1) is 12.6. The molecule has 0 fully saturated rings. The number of halogens is 1. The van der Waals surface area contributed by atoms with E-state index in [-0.39, 0.29) is 18.3 Å². The van der Waals surface area contributed by atoms with E-state index >= 15 is 0 Å². The third-order valence-corrected chi connectivity index (χ3v) is 4.30. The minimum Gasteiger partial charge on any atom is -0.333 e. The molecule has 5 heteroatoms. The van der Waals surface area contributed by atoms with E-state index in [1.54, 1.807) is 35.4 Å². The van der Waals surface area contributed by atoms with E-state index in [2.05, 4.69) is 4.98 Å². The number of benzene rings is 2. The van der Waals surface area contributed by atoms with Crippen molar-refractivity contribution in [2.45, 2.75) is 6.54 Å². The lowest BCUT2D eigenvalue weighted by molar-refractivity contribution is 0.0732. The molecule has 26 heavy (non-hydrogen) atoms. The first-order valence-electron chi connectivity index (χ1n) is 8.57. The lowest BCUT2D eigenvalue weighted by Crippen LogP contribution is -2.36. The summed E-state index contributed by atoms with van der Waals surface area (Å²) in [4.78, 5) is 21.3. The van der Waals surface area contributed by atoms with Gasteiger partial charge in [0.05, 0.1) is 5.52 Å². The molecule has 1 aromatic heterocycles. The average molecular weight is 351 g/mol. The molecule has 3 rings (SSSR count). The molecule has 0 bridgehead atoms. The minimum atomic E-state index is -0.297. The quantitative estimate of drug-likeness (QED) is 0.681. The molecule has 0 aliphatic carbocycles. The number of carbonyl (C=O) groups excluding carboxylic acids is 1. The maximum atomic E-state index is 14.1. The Hall–Kier alpha value is -2.79. The second-order valence-electron chi connectivity index (χ2n) is 6.50. The fourth-order valence-electron chi connectivity index (χ4n) is 2.87. The minimum absolute atomic E-state index is 0.117. The molecule has 0 aliphatic heterocycles. The van der Waals surface area contributed by atoms with Gasteiger partial charge >= 0.3 is 0 Å². The summed E-state index contributed by atoms with van der Waals surface area (Å²) in [5.74, 6) is -0.413. The van der Waals surface area contributed by atoms with Crippen LogP contribution in [-0.4, -0.2) is 47.9 Å². The SMILES string of the molecule is CN(C)CCN(Cc1ccccc1F)C(=O)c1cccc2ncccc12. The smallest absolute Gasteiger partial charge is 0.254 e. The highest BCUT2D eigenvalue weighted by atomic mass is 19.1. The molecule has 0 saturated carbocycles. The van der Waals surface area contributed by atoms with E-state index in [1.807, 2.05) is 43.3 Å². The van der Waals surface area contributed by atoms with E-state index in [9.17, 15) is 9.18 Å². The Morgan fingerprint density at radius 3 is 2.58 bits per heavy atom. The number of hydrogen-bond donors (Lipinski definition) is 0. The molecule has 0 spiro atoms. The number of pyridine rings is 1. The number of fused-ring (bicyclic) bond motifs is 1. The molecule has 2 aromatic carbocycles. The van der Waals surface area contributed by atoms with Crippen LogP contribution in [0.25, 0.3) is 10.9 Å². The molecule has 1 heterocycles. The van der Waals surface area contributed by atoms with Crippen LogP contribution in [0, 0.1) is 5.82 Å². The van der Waals surface area contributed by atoms with Crippen LogP contribution in [0.5, 0.6) is 0 Å². The lowest BCUT2D eigenvalue weighted by Gasteiger charge is -2.25. The van der Waals surface area contributed by atoms with Crippen LogP contribution in [0.1, 0.15) is 15.9 Å². The molecule has 4 nitrogen and oxygen atoms in total. The zero-order chi connectivity index (χ0) is 18.5. The van der Waals surface area contributed by atoms with Crippen LogP contribution in [0.2, 0.25) is 0 Å². The van der Waals surface area contributed by atoms with Gasteiger partial charge < -0.3 is 9.80 Å². The van der Waals surface area contributed by atoms with Crippen molar-refractivity contribution in [3.63, 3.8) is 0 Å². The number of likely N-dealkylation sites (N-methyl/N-ethyl adjacent to an activating group) is 1. The van der Waals surface area contributed by atoms with E-state index < -0.39 is 0 Å². The van der Waals surface area contributed by atoms with E-state index in [4.69, 9.17) is 0 Å². The van der Waals surface area contributed by atoms with E-state index in [1.165, 1.54) is 6.07 Å². The Balaban J connectivity index is 1.94. The molecule has 0 atom stereocenters. The fraction of sp³-hybridized carbons (Fsp3) is 0.238. The Kier molecular flexibility index (Phi) is 5.58. The zero-order valence-corrected chi connectivity index (χ0v) is 15.0. The van der Waals surface area contributed by atoms with Crippen molar-refractivity contribution in [1.82, 2.24) is 14.8 Å². The molecule has 1 amide bonds. The number of hydrogen-bond acceptors (Lipinski definition) is 3. The van der Waals surface area contributed by atoms with E-state index in [0.717, 1.165) is 10.9 Å². The molecular weight excluding hydrogens is 329 g/mol. The predicted molar refractivity (Wildman–Crippen MR) is 101 cm³/mol. The monoisotopic (exact) mass is 351 g/mol. The van der Waals surface area contributed by atoms with Gasteiger partial charge in [-0.05, 0) is 38.4 Å². The van der Waals surface area contributed by atoms with Crippen molar-refractivity contribution in [3.8, 4) is 0 Å². The van der Waals surface area contributed by atoms with Crippen molar-refractivity contribution >= 4 is 16.8 Å². The van der Waals surface area contributed by atoms with Crippen LogP contribution < -0.4 is 0 Å². The summed E-state index contributed by atoms with van der Waals surface area (Å²) in [7, 11) is 3.90. The highest BCUT2D eigenvalue weighted by Crippen LogP contribution is 2.20. The maximum Gasteiger partial charge on any atom is 0.254 e. The highest BCUT2D eigenvalue weighted by molar-refractivity contribution is 6.06. The summed E-state index contributed by atoms with van der Waals surface area (Å²) in [6.07, 6.45) is 1.71. The fourth-order valence-corrected chi connectivity index (χ4v) is 2.87. The summed E-state index contributed by atoms with van der Waals surface area (Å²) in [6.45, 7) is 1.44. The lowest BCUT2D eigenvalue weighted by atomic mass is 10.1. The molecule has 134 valence electrons. The first-order valence-corrected chi connectivity index (χ1v) is 8.57. The van der Waals surface area contributed by atoms with Gasteiger partial charge in [0, 0.05) is 42.3 Å². The third-order valence-electron chi connectivity index (χ3n) is 4.30. The molecule has 3 aromatic rings. The molecule has 0 unspecified atom stereocenters. The summed E-state index contributed by atoms with van der Waals surface area (Å²) >= 11 is 0. The van der Waals surface area contributed by atoms with Crippen LogP contribution in [0.3, 0.4) is 0 Å². The third kappa shape index (κ3) is 4.06. The van der Waals surface area contributed by atoms with Crippen molar-refractivity contribution in [2.75, 3.05) is 27.2 Å². The largest absolute Gasteiger partial charge is 0.333 e. The number of nitrogens with zero attached hydrogens (tertiary/aromatic N) is 3. The molecule has 0 radical (unpaired) electrons. The summed E-state index contributed by atoms with van der Waals surface area (Å²) in [5.41, 5.74) is 1.88. The van der Waals surface area contributed by atoms with Gasteiger partial charge in [-0.15, -0.1) is 0 Å². The second kappa shape index (κ2) is 8.06. The van der Waals surface area contributed by atoms with E-state index in [0.29, 0.717) is 24.2 Å². The first kappa shape index (κ1) is 18.0. The molecule has 0 N–H and O–H groups in total. The Labute approximate surface area is 152 Å². The Morgan fingerprint density at radius 1 is 1.00 bits per heavy atom. The van der Waals surface area contributed by atoms with Gasteiger partial charge in [-0.25, -0.2) is 4.39 Å². The Morgan fingerprint density at radius 2 is 1.81 bits per heavy atom. The second-order valence-corrected chi connectivity index (χ2v) is 6.50. The van der Waals surface area contributed by atoms with Crippen molar-refractivity contribution in [2.24, 2.45) is 0 Å². The van der Waals surface area contributed by atoms with Crippen LogP contribution >= 0.6 is 0 Å². The number of carbonyl (C=O) groups is 1. The number of rotatable bonds is 6. The summed E-state index contributed by atoms with van der Waals surface area (Å²) in [5, 5.41) is 0.809. The van der Waals surface area contributed by atoms with Crippen molar-refractivity contribution in [1.29, 1.82) is 0 Å². The highest BCUT2D eigenvalue weighted by Gasteiger charge is 2.19. The van der Waals surface area contributed by atoms with Gasteiger partial charge in [0.1, 0.15) is 5.82 Å². The zero-order valence-electron chi connectivity index (χ0n) is 15.0.